The van der Waals surface area contributed by atoms with Crippen LogP contribution in [-0.4, -0.2) is 30.0 Å². The number of hydrogen-bond acceptors (Lipinski definition) is 4. The molecule has 0 aliphatic carbocycles. The average Bonchev–Trinajstić information content (AvgIpc) is 2.28. The zero-order valence-corrected chi connectivity index (χ0v) is 14.8. The van der Waals surface area contributed by atoms with Crippen LogP contribution in [0.15, 0.2) is 12.1 Å². The third-order valence-electron chi connectivity index (χ3n) is 2.15. The molecule has 0 saturated heterocycles. The van der Waals surface area contributed by atoms with Gasteiger partial charge in [-0.25, -0.2) is 0 Å². The topological polar surface area (TPSA) is 72.5 Å². The molecule has 0 heterocycles. The molecule has 0 spiro atoms. The summed E-state index contributed by atoms with van der Waals surface area (Å²) < 4.78 is 7.40. The number of ether oxygens (including phenoxy) is 1. The van der Waals surface area contributed by atoms with Gasteiger partial charge < -0.3 is 15.6 Å². The quantitative estimate of drug-likeness (QED) is 0.597. The Morgan fingerprint density at radius 3 is 2.50 bits per heavy atom. The van der Waals surface area contributed by atoms with Crippen LogP contribution in [0.25, 0.3) is 0 Å². The summed E-state index contributed by atoms with van der Waals surface area (Å²) in [4.78, 5) is 10.6. The van der Waals surface area contributed by atoms with Gasteiger partial charge in [0.2, 0.25) is 0 Å². The predicted molar refractivity (Wildman–Crippen MR) is 90.2 cm³/mol. The Labute approximate surface area is 137 Å². The van der Waals surface area contributed by atoms with E-state index in [1.807, 2.05) is 12.1 Å². The number of benzene rings is 1. The molecule has 0 aromatic heterocycles. The molecule has 0 bridgehead atoms. The molecule has 1 atom stereocenters. The molecule has 3 N–H and O–H groups in total. The van der Waals surface area contributed by atoms with E-state index >= 15 is 0 Å². The molecule has 0 amide bonds. The Kier molecular flexibility index (Phi) is 7.03. The molecule has 100 valence electrons. The second-order valence-corrected chi connectivity index (χ2v) is 6.91. The van der Waals surface area contributed by atoms with Gasteiger partial charge in [-0.3, -0.25) is 4.79 Å². The van der Waals surface area contributed by atoms with Gasteiger partial charge in [0.05, 0.1) is 14.3 Å². The first-order valence-corrected chi connectivity index (χ1v) is 8.35. The Morgan fingerprint density at radius 2 is 2.06 bits per heavy atom. The Morgan fingerprint density at radius 1 is 1.50 bits per heavy atom. The zero-order chi connectivity index (χ0) is 13.7. The molecular formula is C11H13I2NO3S. The highest BCUT2D eigenvalue weighted by molar-refractivity contribution is 14.1. The van der Waals surface area contributed by atoms with Crippen molar-refractivity contribution in [1.29, 1.82) is 0 Å². The van der Waals surface area contributed by atoms with E-state index in [9.17, 15) is 4.79 Å². The SMILES string of the molecule is COc1c(I)cc(CSCC(N)C(=O)O)cc1I. The van der Waals surface area contributed by atoms with Gasteiger partial charge in [0.15, 0.2) is 0 Å². The van der Waals surface area contributed by atoms with Crippen molar-refractivity contribution < 1.29 is 14.6 Å². The van der Waals surface area contributed by atoms with Gasteiger partial charge in [-0.05, 0) is 62.9 Å². The smallest absolute Gasteiger partial charge is 0.321 e. The van der Waals surface area contributed by atoms with Gasteiger partial charge in [-0.1, -0.05) is 0 Å². The fourth-order valence-electron chi connectivity index (χ4n) is 1.27. The van der Waals surface area contributed by atoms with Crippen LogP contribution in [0.2, 0.25) is 0 Å². The lowest BCUT2D eigenvalue weighted by molar-refractivity contribution is -0.137. The summed E-state index contributed by atoms with van der Waals surface area (Å²) in [6.45, 7) is 0. The number of nitrogens with two attached hydrogens (primary N) is 1. The summed E-state index contributed by atoms with van der Waals surface area (Å²) in [7, 11) is 1.65. The van der Waals surface area contributed by atoms with Crippen molar-refractivity contribution in [3.05, 3.63) is 24.8 Å². The second kappa shape index (κ2) is 7.75. The van der Waals surface area contributed by atoms with E-state index in [1.165, 1.54) is 11.8 Å². The fourth-order valence-corrected chi connectivity index (χ4v) is 4.52. The summed E-state index contributed by atoms with van der Waals surface area (Å²) in [6.07, 6.45) is 0. The molecule has 1 rings (SSSR count). The van der Waals surface area contributed by atoms with E-state index in [2.05, 4.69) is 45.2 Å². The zero-order valence-electron chi connectivity index (χ0n) is 9.65. The lowest BCUT2D eigenvalue weighted by Gasteiger charge is -2.10. The van der Waals surface area contributed by atoms with Crippen LogP contribution in [0.5, 0.6) is 5.75 Å². The van der Waals surface area contributed by atoms with Crippen LogP contribution in [-0.2, 0) is 10.5 Å². The summed E-state index contributed by atoms with van der Waals surface area (Å²) in [5.74, 6) is 1.08. The standard InChI is InChI=1S/C11H13I2NO3S/c1-17-10-7(12)2-6(3-8(10)13)4-18-5-9(14)11(15)16/h2-3,9H,4-5,14H2,1H3,(H,15,16). The molecule has 0 aliphatic heterocycles. The van der Waals surface area contributed by atoms with Crippen molar-refractivity contribution in [2.24, 2.45) is 5.73 Å². The summed E-state index contributed by atoms with van der Waals surface area (Å²) >= 11 is 5.98. The molecule has 1 aromatic carbocycles. The van der Waals surface area contributed by atoms with Crippen molar-refractivity contribution in [3.63, 3.8) is 0 Å². The lowest BCUT2D eigenvalue weighted by Crippen LogP contribution is -2.32. The maximum Gasteiger partial charge on any atom is 0.321 e. The minimum absolute atomic E-state index is 0.411. The average molecular weight is 493 g/mol. The first kappa shape index (κ1) is 16.3. The Hall–Kier alpha value is 0.260. The first-order chi connectivity index (χ1) is 8.45. The number of rotatable bonds is 6. The highest BCUT2D eigenvalue weighted by atomic mass is 127. The number of carboxylic acid groups (broad SMARTS) is 1. The minimum Gasteiger partial charge on any atom is -0.495 e. The monoisotopic (exact) mass is 493 g/mol. The van der Waals surface area contributed by atoms with Gasteiger partial charge in [0, 0.05) is 11.5 Å². The number of carboxylic acids is 1. The molecular weight excluding hydrogens is 480 g/mol. The van der Waals surface area contributed by atoms with Crippen molar-refractivity contribution in [3.8, 4) is 5.75 Å². The number of methoxy groups -OCH3 is 1. The van der Waals surface area contributed by atoms with Crippen LogP contribution >= 0.6 is 56.9 Å². The van der Waals surface area contributed by atoms with Crippen molar-refractivity contribution in [2.45, 2.75) is 11.8 Å². The minimum atomic E-state index is -0.957. The number of thioether (sulfide) groups is 1. The Balaban J connectivity index is 2.61. The van der Waals surface area contributed by atoms with Gasteiger partial charge in [-0.15, -0.1) is 0 Å². The fraction of sp³-hybridized carbons (Fsp3) is 0.364. The lowest BCUT2D eigenvalue weighted by atomic mass is 10.2. The number of hydrogen-bond donors (Lipinski definition) is 2. The predicted octanol–water partition coefficient (Wildman–Crippen LogP) is 2.55. The highest BCUT2D eigenvalue weighted by Gasteiger charge is 2.12. The van der Waals surface area contributed by atoms with E-state index in [4.69, 9.17) is 15.6 Å². The second-order valence-electron chi connectivity index (χ2n) is 3.55. The van der Waals surface area contributed by atoms with Crippen LogP contribution in [0.3, 0.4) is 0 Å². The van der Waals surface area contributed by atoms with Crippen LogP contribution in [0.1, 0.15) is 5.56 Å². The van der Waals surface area contributed by atoms with Crippen molar-refractivity contribution in [2.75, 3.05) is 12.9 Å². The Bertz CT molecular complexity index is 419. The molecule has 4 nitrogen and oxygen atoms in total. The normalized spacial score (nSPS) is 12.2. The number of carbonyl (C=O) groups is 1. The molecule has 7 heteroatoms. The largest absolute Gasteiger partial charge is 0.495 e. The van der Waals surface area contributed by atoms with Gasteiger partial charge >= 0.3 is 5.97 Å². The van der Waals surface area contributed by atoms with Gasteiger partial charge in [0.25, 0.3) is 0 Å². The molecule has 18 heavy (non-hydrogen) atoms. The van der Waals surface area contributed by atoms with E-state index in [-0.39, 0.29) is 0 Å². The number of halogens is 2. The van der Waals surface area contributed by atoms with Crippen molar-refractivity contribution >= 4 is 62.9 Å². The highest BCUT2D eigenvalue weighted by Crippen LogP contribution is 2.29. The van der Waals surface area contributed by atoms with Crippen LogP contribution in [0.4, 0.5) is 0 Å². The van der Waals surface area contributed by atoms with Crippen LogP contribution < -0.4 is 10.5 Å². The molecule has 0 saturated carbocycles. The molecule has 0 radical (unpaired) electrons. The maximum atomic E-state index is 10.6. The number of aliphatic carboxylic acids is 1. The summed E-state index contributed by atoms with van der Waals surface area (Å²) in [5, 5.41) is 8.68. The summed E-state index contributed by atoms with van der Waals surface area (Å²) in [5.41, 5.74) is 6.59. The van der Waals surface area contributed by atoms with Gasteiger partial charge in [-0.2, -0.15) is 11.8 Å². The maximum absolute atomic E-state index is 10.6. The summed E-state index contributed by atoms with van der Waals surface area (Å²) in [6, 6.07) is 3.29. The molecule has 1 unspecified atom stereocenters. The van der Waals surface area contributed by atoms with Crippen molar-refractivity contribution in [1.82, 2.24) is 0 Å². The third kappa shape index (κ3) is 4.74. The molecule has 0 fully saturated rings. The van der Waals surface area contributed by atoms with E-state index in [0.717, 1.165) is 24.2 Å². The molecule has 0 aliphatic rings. The van der Waals surface area contributed by atoms with Gasteiger partial charge in [0.1, 0.15) is 11.8 Å². The van der Waals surface area contributed by atoms with E-state index in [1.54, 1.807) is 7.11 Å². The third-order valence-corrected chi connectivity index (χ3v) is 4.88. The van der Waals surface area contributed by atoms with E-state index in [0.29, 0.717) is 5.75 Å². The first-order valence-electron chi connectivity index (χ1n) is 5.03. The molecule has 1 aromatic rings. The van der Waals surface area contributed by atoms with E-state index < -0.39 is 12.0 Å². The van der Waals surface area contributed by atoms with Crippen LogP contribution in [0, 0.1) is 7.14 Å².